The van der Waals surface area contributed by atoms with Gasteiger partial charge in [0, 0.05) is 26.2 Å². The number of hydrogen-bond acceptors (Lipinski definition) is 5. The summed E-state index contributed by atoms with van der Waals surface area (Å²) in [7, 11) is 2.03. The summed E-state index contributed by atoms with van der Waals surface area (Å²) in [4.78, 5) is 15.2. The van der Waals surface area contributed by atoms with Gasteiger partial charge in [0.2, 0.25) is 0 Å². The van der Waals surface area contributed by atoms with Crippen LogP contribution in [0.15, 0.2) is 12.1 Å². The number of carboxylic acid groups (broad SMARTS) is 1. The first kappa shape index (κ1) is 14.7. The van der Waals surface area contributed by atoms with Gasteiger partial charge in [-0.15, -0.1) is 5.10 Å². The molecule has 2 rings (SSSR count). The highest BCUT2D eigenvalue weighted by atomic mass is 16.4. The Labute approximate surface area is 119 Å². The number of nitrogens with zero attached hydrogens (tertiary/aromatic N) is 4. The van der Waals surface area contributed by atoms with E-state index < -0.39 is 12.0 Å². The molecule has 0 bridgehead atoms. The van der Waals surface area contributed by atoms with Crippen LogP contribution in [0.1, 0.15) is 25.5 Å². The first-order valence-electron chi connectivity index (χ1n) is 6.99. The molecule has 0 radical (unpaired) electrons. The van der Waals surface area contributed by atoms with Crippen LogP contribution in [0.25, 0.3) is 0 Å². The monoisotopic (exact) mass is 278 g/mol. The Morgan fingerprint density at radius 2 is 2.05 bits per heavy atom. The van der Waals surface area contributed by atoms with Crippen molar-refractivity contribution in [2.45, 2.75) is 38.8 Å². The lowest BCUT2D eigenvalue weighted by Gasteiger charge is -2.38. The smallest absolute Gasteiger partial charge is 0.320 e. The van der Waals surface area contributed by atoms with E-state index in [1.807, 2.05) is 31.0 Å². The van der Waals surface area contributed by atoms with Crippen molar-refractivity contribution in [3.05, 3.63) is 17.8 Å². The molecule has 1 atom stereocenters. The highest BCUT2D eigenvalue weighted by Crippen LogP contribution is 2.21. The summed E-state index contributed by atoms with van der Waals surface area (Å²) >= 11 is 0. The van der Waals surface area contributed by atoms with Gasteiger partial charge in [-0.25, -0.2) is 0 Å². The molecule has 0 aliphatic carbocycles. The van der Waals surface area contributed by atoms with Crippen molar-refractivity contribution in [1.82, 2.24) is 15.1 Å². The Bertz CT molecular complexity index is 455. The Morgan fingerprint density at radius 3 is 2.55 bits per heavy atom. The number of aromatic nitrogens is 2. The van der Waals surface area contributed by atoms with Crippen LogP contribution in [0.2, 0.25) is 0 Å². The van der Waals surface area contributed by atoms with Crippen molar-refractivity contribution >= 4 is 11.8 Å². The maximum Gasteiger partial charge on any atom is 0.320 e. The summed E-state index contributed by atoms with van der Waals surface area (Å²) in [6.45, 7) is 5.28. The van der Waals surface area contributed by atoms with Crippen molar-refractivity contribution in [2.75, 3.05) is 25.0 Å². The molecule has 0 saturated carbocycles. The molecule has 2 heterocycles. The van der Waals surface area contributed by atoms with E-state index in [1.54, 1.807) is 6.92 Å². The number of carboxylic acids is 1. The minimum Gasteiger partial charge on any atom is -0.480 e. The minimum atomic E-state index is -0.749. The molecule has 1 N–H and O–H groups in total. The number of hydrogen-bond donors (Lipinski definition) is 1. The van der Waals surface area contributed by atoms with Gasteiger partial charge in [0.1, 0.15) is 6.04 Å². The van der Waals surface area contributed by atoms with Gasteiger partial charge in [-0.05, 0) is 38.8 Å². The van der Waals surface area contributed by atoms with Crippen LogP contribution in [-0.2, 0) is 4.79 Å². The molecule has 6 nitrogen and oxygen atoms in total. The number of likely N-dealkylation sites (tertiary alicyclic amines) is 1. The lowest BCUT2D eigenvalue weighted by atomic mass is 10.0. The van der Waals surface area contributed by atoms with Gasteiger partial charge in [0.15, 0.2) is 5.82 Å². The number of aryl methyl sites for hydroxylation is 1. The largest absolute Gasteiger partial charge is 0.480 e. The molecule has 20 heavy (non-hydrogen) atoms. The Hall–Kier alpha value is -1.69. The second kappa shape index (κ2) is 6.17. The zero-order valence-corrected chi connectivity index (χ0v) is 12.3. The van der Waals surface area contributed by atoms with E-state index in [2.05, 4.69) is 15.1 Å². The zero-order valence-electron chi connectivity index (χ0n) is 12.3. The first-order chi connectivity index (χ1) is 9.49. The summed E-state index contributed by atoms with van der Waals surface area (Å²) in [5, 5.41) is 17.3. The van der Waals surface area contributed by atoms with Crippen molar-refractivity contribution in [2.24, 2.45) is 0 Å². The molecule has 1 aromatic heterocycles. The van der Waals surface area contributed by atoms with Crippen molar-refractivity contribution in [3.63, 3.8) is 0 Å². The Kier molecular flexibility index (Phi) is 4.54. The topological polar surface area (TPSA) is 69.6 Å². The quantitative estimate of drug-likeness (QED) is 0.891. The van der Waals surface area contributed by atoms with Gasteiger partial charge in [-0.3, -0.25) is 9.69 Å². The van der Waals surface area contributed by atoms with Crippen LogP contribution in [0.4, 0.5) is 5.82 Å². The molecule has 1 unspecified atom stereocenters. The fraction of sp³-hybridized carbons (Fsp3) is 0.643. The van der Waals surface area contributed by atoms with E-state index >= 15 is 0 Å². The van der Waals surface area contributed by atoms with E-state index in [9.17, 15) is 4.79 Å². The predicted octanol–water partition coefficient (Wildman–Crippen LogP) is 1.16. The maximum atomic E-state index is 11.0. The van der Waals surface area contributed by atoms with Gasteiger partial charge in [0.05, 0.1) is 5.69 Å². The number of rotatable bonds is 4. The highest BCUT2D eigenvalue weighted by molar-refractivity contribution is 5.72. The third-order valence-electron chi connectivity index (χ3n) is 4.10. The molecular formula is C14H22N4O2. The molecule has 1 aliphatic rings. The summed E-state index contributed by atoms with van der Waals surface area (Å²) in [6, 6.07) is 3.93. The molecule has 1 aromatic rings. The molecule has 1 fully saturated rings. The SMILES string of the molecule is Cc1ccc(N(C)C2CCN(C(C)C(=O)O)CC2)nn1. The van der Waals surface area contributed by atoms with Gasteiger partial charge in [-0.2, -0.15) is 5.10 Å². The fourth-order valence-electron chi connectivity index (χ4n) is 2.58. The summed E-state index contributed by atoms with van der Waals surface area (Å²) in [5.41, 5.74) is 0.909. The van der Waals surface area contributed by atoms with Gasteiger partial charge in [0.25, 0.3) is 0 Å². The highest BCUT2D eigenvalue weighted by Gasteiger charge is 2.28. The van der Waals surface area contributed by atoms with E-state index in [4.69, 9.17) is 5.11 Å². The minimum absolute atomic E-state index is 0.393. The summed E-state index contributed by atoms with van der Waals surface area (Å²) < 4.78 is 0. The average Bonchev–Trinajstić information content (AvgIpc) is 2.46. The van der Waals surface area contributed by atoms with E-state index in [1.165, 1.54) is 0 Å². The molecule has 6 heteroatoms. The van der Waals surface area contributed by atoms with E-state index in [0.717, 1.165) is 37.4 Å². The Morgan fingerprint density at radius 1 is 1.40 bits per heavy atom. The summed E-state index contributed by atoms with van der Waals surface area (Å²) in [6.07, 6.45) is 1.90. The van der Waals surface area contributed by atoms with Gasteiger partial charge >= 0.3 is 5.97 Å². The lowest BCUT2D eigenvalue weighted by Crippen LogP contribution is -2.48. The molecule has 0 aromatic carbocycles. The van der Waals surface area contributed by atoms with Crippen LogP contribution < -0.4 is 4.90 Å². The number of piperidine rings is 1. The average molecular weight is 278 g/mol. The van der Waals surface area contributed by atoms with Crippen LogP contribution in [0.5, 0.6) is 0 Å². The summed E-state index contributed by atoms with van der Waals surface area (Å²) in [5.74, 6) is 0.126. The molecule has 0 spiro atoms. The second-order valence-electron chi connectivity index (χ2n) is 5.43. The number of aliphatic carboxylic acids is 1. The first-order valence-corrected chi connectivity index (χ1v) is 6.99. The van der Waals surface area contributed by atoms with Crippen LogP contribution in [0.3, 0.4) is 0 Å². The van der Waals surface area contributed by atoms with Crippen LogP contribution in [0, 0.1) is 6.92 Å². The third-order valence-corrected chi connectivity index (χ3v) is 4.10. The molecule has 1 saturated heterocycles. The Balaban J connectivity index is 1.93. The predicted molar refractivity (Wildman–Crippen MR) is 76.9 cm³/mol. The van der Waals surface area contributed by atoms with Crippen LogP contribution >= 0.6 is 0 Å². The molecule has 0 amide bonds. The van der Waals surface area contributed by atoms with E-state index in [0.29, 0.717) is 6.04 Å². The fourth-order valence-corrected chi connectivity index (χ4v) is 2.58. The van der Waals surface area contributed by atoms with Crippen molar-refractivity contribution in [3.8, 4) is 0 Å². The standard InChI is InChI=1S/C14H22N4O2/c1-10-4-5-13(16-15-10)17(3)12-6-8-18(9-7-12)11(2)14(19)20/h4-5,11-12H,6-9H2,1-3H3,(H,19,20). The number of anilines is 1. The normalized spacial score (nSPS) is 18.8. The molecule has 1 aliphatic heterocycles. The van der Waals surface area contributed by atoms with Crippen molar-refractivity contribution < 1.29 is 9.90 Å². The van der Waals surface area contributed by atoms with Crippen LogP contribution in [-0.4, -0.2) is 58.4 Å². The van der Waals surface area contributed by atoms with Crippen molar-refractivity contribution in [1.29, 1.82) is 0 Å². The molecular weight excluding hydrogens is 256 g/mol. The lowest BCUT2D eigenvalue weighted by molar-refractivity contribution is -0.143. The van der Waals surface area contributed by atoms with E-state index in [-0.39, 0.29) is 0 Å². The number of carbonyl (C=O) groups is 1. The maximum absolute atomic E-state index is 11.0. The third kappa shape index (κ3) is 3.25. The van der Waals surface area contributed by atoms with Gasteiger partial charge in [-0.1, -0.05) is 0 Å². The molecule has 110 valence electrons. The van der Waals surface area contributed by atoms with Gasteiger partial charge < -0.3 is 10.0 Å². The second-order valence-corrected chi connectivity index (χ2v) is 5.43. The zero-order chi connectivity index (χ0) is 14.7.